The number of rotatable bonds is 1. The van der Waals surface area contributed by atoms with Gasteiger partial charge in [-0.1, -0.05) is 35.1 Å². The molecule has 0 radical (unpaired) electrons. The third-order valence-electron chi connectivity index (χ3n) is 1.76. The van der Waals surface area contributed by atoms with E-state index >= 15 is 0 Å². The van der Waals surface area contributed by atoms with Gasteiger partial charge in [-0.25, -0.2) is 4.98 Å². The second kappa shape index (κ2) is 3.18. The van der Waals surface area contributed by atoms with E-state index in [0.29, 0.717) is 0 Å². The lowest BCUT2D eigenvalue weighted by Crippen LogP contribution is -1.76. The van der Waals surface area contributed by atoms with E-state index in [-0.39, 0.29) is 5.06 Å². The average Bonchev–Trinajstić information content (AvgIpc) is 2.52. The fraction of sp³-hybridized carbons (Fsp3) is 0.100. The van der Waals surface area contributed by atoms with E-state index < -0.39 is 0 Å². The van der Waals surface area contributed by atoms with Gasteiger partial charge >= 0.3 is 0 Å². The van der Waals surface area contributed by atoms with Crippen molar-refractivity contribution >= 4 is 11.3 Å². The van der Waals surface area contributed by atoms with Crippen LogP contribution in [0.4, 0.5) is 0 Å². The molecule has 0 saturated carbocycles. The number of aryl methyl sites for hydroxylation is 1. The van der Waals surface area contributed by atoms with Crippen molar-refractivity contribution in [1.29, 1.82) is 0 Å². The summed E-state index contributed by atoms with van der Waals surface area (Å²) in [6, 6.07) is 8.07. The Morgan fingerprint density at radius 3 is 2.85 bits per heavy atom. The zero-order chi connectivity index (χ0) is 9.26. The van der Waals surface area contributed by atoms with Crippen LogP contribution in [0.25, 0.3) is 10.6 Å². The molecule has 3 heteroatoms. The first-order valence-corrected chi connectivity index (χ1v) is 4.79. The summed E-state index contributed by atoms with van der Waals surface area (Å²) < 4.78 is 0. The average molecular weight is 191 g/mol. The van der Waals surface area contributed by atoms with Crippen LogP contribution in [0.3, 0.4) is 0 Å². The van der Waals surface area contributed by atoms with Crippen LogP contribution in [-0.4, -0.2) is 10.1 Å². The van der Waals surface area contributed by atoms with Gasteiger partial charge in [-0.15, -0.1) is 0 Å². The summed E-state index contributed by atoms with van der Waals surface area (Å²) in [6.45, 7) is 2.04. The maximum atomic E-state index is 9.14. The van der Waals surface area contributed by atoms with Crippen molar-refractivity contribution in [2.75, 3.05) is 0 Å². The lowest BCUT2D eigenvalue weighted by Gasteiger charge is -1.96. The largest absolute Gasteiger partial charge is 0.498 e. The SMILES string of the molecule is Cc1cccc(-c2ncc(O)s2)c1. The predicted octanol–water partition coefficient (Wildman–Crippen LogP) is 2.82. The lowest BCUT2D eigenvalue weighted by atomic mass is 10.1. The predicted molar refractivity (Wildman–Crippen MR) is 54.0 cm³/mol. The fourth-order valence-corrected chi connectivity index (χ4v) is 1.83. The van der Waals surface area contributed by atoms with Crippen LogP contribution in [-0.2, 0) is 0 Å². The molecule has 2 aromatic rings. The minimum absolute atomic E-state index is 0.261. The standard InChI is InChI=1S/C10H9NOS/c1-7-3-2-4-8(5-7)10-11-6-9(12)13-10/h2-6,12H,1H3. The highest BCUT2D eigenvalue weighted by molar-refractivity contribution is 7.16. The number of nitrogens with zero attached hydrogens (tertiary/aromatic N) is 1. The van der Waals surface area contributed by atoms with Gasteiger partial charge in [-0.05, 0) is 13.0 Å². The molecule has 1 heterocycles. The molecule has 0 amide bonds. The van der Waals surface area contributed by atoms with Crippen molar-refractivity contribution in [2.24, 2.45) is 0 Å². The second-order valence-electron chi connectivity index (χ2n) is 2.87. The van der Waals surface area contributed by atoms with Crippen molar-refractivity contribution in [3.05, 3.63) is 36.0 Å². The Balaban J connectivity index is 2.46. The molecule has 66 valence electrons. The lowest BCUT2D eigenvalue weighted by molar-refractivity contribution is 0.489. The van der Waals surface area contributed by atoms with E-state index in [1.165, 1.54) is 23.1 Å². The van der Waals surface area contributed by atoms with Gasteiger partial charge in [0, 0.05) is 5.56 Å². The quantitative estimate of drug-likeness (QED) is 0.751. The third kappa shape index (κ3) is 1.70. The molecule has 13 heavy (non-hydrogen) atoms. The van der Waals surface area contributed by atoms with Gasteiger partial charge in [0.25, 0.3) is 0 Å². The summed E-state index contributed by atoms with van der Waals surface area (Å²) in [7, 11) is 0. The van der Waals surface area contributed by atoms with Crippen LogP contribution < -0.4 is 0 Å². The Kier molecular flexibility index (Phi) is 2.02. The molecule has 0 aliphatic heterocycles. The van der Waals surface area contributed by atoms with Crippen LogP contribution in [0.5, 0.6) is 5.06 Å². The highest BCUT2D eigenvalue weighted by atomic mass is 32.1. The van der Waals surface area contributed by atoms with Gasteiger partial charge < -0.3 is 5.11 Å². The van der Waals surface area contributed by atoms with Crippen LogP contribution in [0.1, 0.15) is 5.56 Å². The van der Waals surface area contributed by atoms with Crippen LogP contribution >= 0.6 is 11.3 Å². The molecule has 0 saturated heterocycles. The Labute approximate surface area is 80.5 Å². The minimum atomic E-state index is 0.261. The molecular weight excluding hydrogens is 182 g/mol. The molecule has 0 bridgehead atoms. The van der Waals surface area contributed by atoms with Gasteiger partial charge in [0.05, 0.1) is 6.20 Å². The zero-order valence-corrected chi connectivity index (χ0v) is 8.01. The minimum Gasteiger partial charge on any atom is -0.498 e. The first-order valence-electron chi connectivity index (χ1n) is 3.97. The van der Waals surface area contributed by atoms with E-state index in [4.69, 9.17) is 5.11 Å². The van der Waals surface area contributed by atoms with E-state index in [9.17, 15) is 0 Å². The summed E-state index contributed by atoms with van der Waals surface area (Å²) in [5, 5.41) is 10.3. The van der Waals surface area contributed by atoms with Gasteiger partial charge in [-0.2, -0.15) is 0 Å². The molecule has 0 spiro atoms. The molecule has 0 aliphatic carbocycles. The van der Waals surface area contributed by atoms with Gasteiger partial charge in [0.15, 0.2) is 5.06 Å². The van der Waals surface area contributed by atoms with Gasteiger partial charge in [0.1, 0.15) is 5.01 Å². The summed E-state index contributed by atoms with van der Waals surface area (Å²) in [6.07, 6.45) is 1.47. The van der Waals surface area contributed by atoms with E-state index in [1.807, 2.05) is 25.1 Å². The molecule has 2 rings (SSSR count). The van der Waals surface area contributed by atoms with E-state index in [1.54, 1.807) is 0 Å². The number of benzene rings is 1. The monoisotopic (exact) mass is 191 g/mol. The van der Waals surface area contributed by atoms with Crippen molar-refractivity contribution in [2.45, 2.75) is 6.92 Å². The first kappa shape index (κ1) is 8.26. The molecule has 1 N–H and O–H groups in total. The third-order valence-corrected chi connectivity index (χ3v) is 2.61. The van der Waals surface area contributed by atoms with Crippen LogP contribution in [0.2, 0.25) is 0 Å². The second-order valence-corrected chi connectivity index (χ2v) is 3.88. The number of aromatic hydroxyl groups is 1. The molecule has 0 fully saturated rings. The normalized spacial score (nSPS) is 10.2. The molecule has 1 aromatic carbocycles. The first-order chi connectivity index (χ1) is 6.25. The number of hydrogen-bond acceptors (Lipinski definition) is 3. The van der Waals surface area contributed by atoms with Crippen molar-refractivity contribution < 1.29 is 5.11 Å². The smallest absolute Gasteiger partial charge is 0.192 e. The maximum absolute atomic E-state index is 9.14. The van der Waals surface area contributed by atoms with Gasteiger partial charge in [-0.3, -0.25) is 0 Å². The summed E-state index contributed by atoms with van der Waals surface area (Å²) >= 11 is 1.29. The topological polar surface area (TPSA) is 33.1 Å². The number of thiazole rings is 1. The van der Waals surface area contributed by atoms with E-state index in [0.717, 1.165) is 10.6 Å². The zero-order valence-electron chi connectivity index (χ0n) is 7.19. The van der Waals surface area contributed by atoms with E-state index in [2.05, 4.69) is 11.1 Å². The molecule has 0 atom stereocenters. The highest BCUT2D eigenvalue weighted by Crippen LogP contribution is 2.29. The van der Waals surface area contributed by atoms with Crippen molar-refractivity contribution in [3.8, 4) is 15.6 Å². The highest BCUT2D eigenvalue weighted by Gasteiger charge is 2.02. The molecule has 2 nitrogen and oxygen atoms in total. The Bertz CT molecular complexity index is 422. The molecule has 0 unspecified atom stereocenters. The Hall–Kier alpha value is -1.35. The molecular formula is C10H9NOS. The Morgan fingerprint density at radius 1 is 1.38 bits per heavy atom. The Morgan fingerprint density at radius 2 is 2.23 bits per heavy atom. The van der Waals surface area contributed by atoms with Gasteiger partial charge in [0.2, 0.25) is 0 Å². The van der Waals surface area contributed by atoms with Crippen molar-refractivity contribution in [1.82, 2.24) is 4.98 Å². The van der Waals surface area contributed by atoms with Crippen molar-refractivity contribution in [3.63, 3.8) is 0 Å². The summed E-state index contributed by atoms with van der Waals surface area (Å²) in [5.41, 5.74) is 2.26. The summed E-state index contributed by atoms with van der Waals surface area (Å²) in [5.74, 6) is 0. The molecule has 0 aliphatic rings. The molecule has 1 aromatic heterocycles. The number of hydrogen-bond donors (Lipinski definition) is 1. The van der Waals surface area contributed by atoms with Crippen LogP contribution in [0.15, 0.2) is 30.5 Å². The summed E-state index contributed by atoms with van der Waals surface area (Å²) in [4.78, 5) is 4.10. The number of aromatic nitrogens is 1. The van der Waals surface area contributed by atoms with Crippen LogP contribution in [0, 0.1) is 6.92 Å². The maximum Gasteiger partial charge on any atom is 0.192 e. The fourth-order valence-electron chi connectivity index (χ4n) is 1.18.